The van der Waals surface area contributed by atoms with Crippen molar-refractivity contribution < 1.29 is 24.6 Å². The number of rotatable bonds is 14. The van der Waals surface area contributed by atoms with Crippen LogP contribution in [0, 0.1) is 0 Å². The molecular weight excluding hydrogens is 428 g/mol. The lowest BCUT2D eigenvalue weighted by Gasteiger charge is -2.31. The summed E-state index contributed by atoms with van der Waals surface area (Å²) in [6.45, 7) is 11.3. The molecule has 2 unspecified atom stereocenters. The standard InChI is InChI=1S/C29H34O5/c1-21(26(31)32)28(3,23-13-7-5-8-14-23)19-11-17-25(30)18-12-20-29(4,22(2)27(33)34)24-15-9-6-10-16-24/h5-10,13-16H,1-2,11-12,17-20H2,3-4H3,(H,31,32)(H,33,34). The van der Waals surface area contributed by atoms with E-state index < -0.39 is 22.8 Å². The predicted octanol–water partition coefficient (Wildman–Crippen LogP) is 6.09. The zero-order valence-corrected chi connectivity index (χ0v) is 20.0. The van der Waals surface area contributed by atoms with Crippen molar-refractivity contribution >= 4 is 17.7 Å². The van der Waals surface area contributed by atoms with E-state index in [1.54, 1.807) is 0 Å². The van der Waals surface area contributed by atoms with Crippen molar-refractivity contribution in [2.75, 3.05) is 0 Å². The zero-order chi connectivity index (χ0) is 25.4. The van der Waals surface area contributed by atoms with E-state index in [4.69, 9.17) is 0 Å². The fourth-order valence-corrected chi connectivity index (χ4v) is 4.43. The summed E-state index contributed by atoms with van der Waals surface area (Å²) in [5.74, 6) is -2.01. The molecule has 0 aliphatic carbocycles. The third kappa shape index (κ3) is 6.31. The molecular formula is C29H34O5. The van der Waals surface area contributed by atoms with E-state index in [-0.39, 0.29) is 16.9 Å². The van der Waals surface area contributed by atoms with E-state index in [1.165, 1.54) is 0 Å². The van der Waals surface area contributed by atoms with Crippen molar-refractivity contribution in [2.24, 2.45) is 0 Å². The van der Waals surface area contributed by atoms with Gasteiger partial charge in [-0.1, -0.05) is 87.7 Å². The number of carboxylic acid groups (broad SMARTS) is 2. The molecule has 2 aromatic carbocycles. The van der Waals surface area contributed by atoms with Crippen LogP contribution in [0.3, 0.4) is 0 Å². The Morgan fingerprint density at radius 2 is 1.00 bits per heavy atom. The van der Waals surface area contributed by atoms with Crippen molar-refractivity contribution in [3.05, 3.63) is 96.1 Å². The third-order valence-electron chi connectivity index (χ3n) is 6.94. The number of carbonyl (C=O) groups excluding carboxylic acids is 1. The number of hydrogen-bond acceptors (Lipinski definition) is 3. The van der Waals surface area contributed by atoms with E-state index in [0.29, 0.717) is 38.5 Å². The molecule has 0 bridgehead atoms. The van der Waals surface area contributed by atoms with E-state index in [0.717, 1.165) is 11.1 Å². The number of hydrogen-bond donors (Lipinski definition) is 2. The summed E-state index contributed by atoms with van der Waals surface area (Å²) in [4.78, 5) is 35.9. The number of carbonyl (C=O) groups is 3. The Balaban J connectivity index is 1.99. The minimum absolute atomic E-state index is 0.0766. The van der Waals surface area contributed by atoms with Crippen molar-refractivity contribution in [1.82, 2.24) is 0 Å². The minimum atomic E-state index is -1.04. The number of aliphatic carboxylic acids is 2. The summed E-state index contributed by atoms with van der Waals surface area (Å²) < 4.78 is 0. The van der Waals surface area contributed by atoms with Gasteiger partial charge in [-0.2, -0.15) is 0 Å². The Labute approximate surface area is 201 Å². The van der Waals surface area contributed by atoms with Crippen molar-refractivity contribution in [2.45, 2.75) is 63.2 Å². The van der Waals surface area contributed by atoms with Gasteiger partial charge >= 0.3 is 11.9 Å². The summed E-state index contributed by atoms with van der Waals surface area (Å²) in [6.07, 6.45) is 2.72. The van der Waals surface area contributed by atoms with Gasteiger partial charge < -0.3 is 10.2 Å². The van der Waals surface area contributed by atoms with Crippen LogP contribution in [0.25, 0.3) is 0 Å². The van der Waals surface area contributed by atoms with Crippen molar-refractivity contribution in [3.63, 3.8) is 0 Å². The van der Waals surface area contributed by atoms with Crippen molar-refractivity contribution in [1.29, 1.82) is 0 Å². The summed E-state index contributed by atoms with van der Waals surface area (Å²) >= 11 is 0. The molecule has 0 spiro atoms. The Kier molecular flexibility index (Phi) is 9.13. The van der Waals surface area contributed by atoms with Crippen LogP contribution in [0.5, 0.6) is 0 Å². The second-order valence-corrected chi connectivity index (χ2v) is 9.21. The molecule has 2 aromatic rings. The van der Waals surface area contributed by atoms with Crippen LogP contribution in [0.4, 0.5) is 0 Å². The SMILES string of the molecule is C=C(C(=O)O)C(C)(CCCC(=O)CCCC(C)(C(=C)C(=O)O)c1ccccc1)c1ccccc1. The molecule has 0 saturated heterocycles. The number of ketones is 1. The molecule has 0 amide bonds. The Morgan fingerprint density at radius 3 is 1.29 bits per heavy atom. The monoisotopic (exact) mass is 462 g/mol. The van der Waals surface area contributed by atoms with Crippen molar-refractivity contribution in [3.8, 4) is 0 Å². The van der Waals surface area contributed by atoms with Gasteiger partial charge in [0, 0.05) is 34.8 Å². The summed E-state index contributed by atoms with van der Waals surface area (Å²) in [6, 6.07) is 18.7. The minimum Gasteiger partial charge on any atom is -0.478 e. The van der Waals surface area contributed by atoms with Crippen LogP contribution in [0.2, 0.25) is 0 Å². The molecule has 180 valence electrons. The first-order valence-electron chi connectivity index (χ1n) is 11.5. The van der Waals surface area contributed by atoms with Gasteiger partial charge in [0.1, 0.15) is 5.78 Å². The smallest absolute Gasteiger partial charge is 0.331 e. The topological polar surface area (TPSA) is 91.7 Å². The van der Waals surface area contributed by atoms with Crippen LogP contribution in [-0.4, -0.2) is 27.9 Å². The first-order chi connectivity index (χ1) is 16.0. The first kappa shape index (κ1) is 26.8. The maximum absolute atomic E-state index is 12.6. The molecule has 0 saturated carbocycles. The van der Waals surface area contributed by atoms with Crippen LogP contribution >= 0.6 is 0 Å². The highest BCUT2D eigenvalue weighted by atomic mass is 16.4. The second-order valence-electron chi connectivity index (χ2n) is 9.21. The fourth-order valence-electron chi connectivity index (χ4n) is 4.43. The predicted molar refractivity (Wildman–Crippen MR) is 134 cm³/mol. The average molecular weight is 463 g/mol. The molecule has 5 nitrogen and oxygen atoms in total. The molecule has 0 fully saturated rings. The quantitative estimate of drug-likeness (QED) is 0.331. The summed E-state index contributed by atoms with van der Waals surface area (Å²) in [5.41, 5.74) is 0.409. The molecule has 0 heterocycles. The largest absolute Gasteiger partial charge is 0.478 e. The summed E-state index contributed by atoms with van der Waals surface area (Å²) in [7, 11) is 0. The lowest BCUT2D eigenvalue weighted by atomic mass is 9.72. The molecule has 0 radical (unpaired) electrons. The molecule has 34 heavy (non-hydrogen) atoms. The lowest BCUT2D eigenvalue weighted by molar-refractivity contribution is -0.134. The molecule has 5 heteroatoms. The number of Topliss-reactive ketones (excluding diaryl/α,β-unsaturated/α-hetero) is 1. The molecule has 0 aromatic heterocycles. The lowest BCUT2D eigenvalue weighted by Crippen LogP contribution is -2.29. The van der Waals surface area contributed by atoms with Crippen LogP contribution < -0.4 is 0 Å². The Hall–Kier alpha value is -3.47. The van der Waals surface area contributed by atoms with Crippen LogP contribution in [0.15, 0.2) is 85.0 Å². The van der Waals surface area contributed by atoms with E-state index in [2.05, 4.69) is 13.2 Å². The average Bonchev–Trinajstić information content (AvgIpc) is 2.83. The maximum Gasteiger partial charge on any atom is 0.331 e. The van der Waals surface area contributed by atoms with Gasteiger partial charge in [0.2, 0.25) is 0 Å². The number of benzene rings is 2. The zero-order valence-electron chi connectivity index (χ0n) is 20.0. The van der Waals surface area contributed by atoms with Gasteiger partial charge in [0.05, 0.1) is 0 Å². The number of carboxylic acids is 2. The molecule has 2 N–H and O–H groups in total. The van der Waals surface area contributed by atoms with Gasteiger partial charge in [0.25, 0.3) is 0 Å². The molecule has 2 atom stereocenters. The Morgan fingerprint density at radius 1 is 0.676 bits per heavy atom. The highest BCUT2D eigenvalue weighted by Crippen LogP contribution is 2.38. The highest BCUT2D eigenvalue weighted by Gasteiger charge is 2.35. The normalized spacial score (nSPS) is 14.4. The molecule has 0 aliphatic heterocycles. The Bertz CT molecular complexity index is 957. The highest BCUT2D eigenvalue weighted by molar-refractivity contribution is 5.89. The van der Waals surface area contributed by atoms with E-state index in [1.807, 2.05) is 74.5 Å². The first-order valence-corrected chi connectivity index (χ1v) is 11.5. The fraction of sp³-hybridized carbons (Fsp3) is 0.345. The van der Waals surface area contributed by atoms with Gasteiger partial charge in [0.15, 0.2) is 0 Å². The third-order valence-corrected chi connectivity index (χ3v) is 6.94. The van der Waals surface area contributed by atoms with Crippen LogP contribution in [0.1, 0.15) is 63.5 Å². The van der Waals surface area contributed by atoms with Gasteiger partial charge in [-0.15, -0.1) is 0 Å². The van der Waals surface area contributed by atoms with E-state index >= 15 is 0 Å². The second kappa shape index (κ2) is 11.6. The van der Waals surface area contributed by atoms with E-state index in [9.17, 15) is 24.6 Å². The summed E-state index contributed by atoms with van der Waals surface area (Å²) in [5, 5.41) is 19.1. The van der Waals surface area contributed by atoms with Gasteiger partial charge in [-0.05, 0) is 36.8 Å². The molecule has 0 aliphatic rings. The van der Waals surface area contributed by atoms with Crippen LogP contribution in [-0.2, 0) is 25.2 Å². The van der Waals surface area contributed by atoms with Gasteiger partial charge in [-0.3, -0.25) is 4.79 Å². The maximum atomic E-state index is 12.6. The molecule has 2 rings (SSSR count). The van der Waals surface area contributed by atoms with Gasteiger partial charge in [-0.25, -0.2) is 9.59 Å².